The van der Waals surface area contributed by atoms with Crippen LogP contribution < -0.4 is 10.6 Å². The first kappa shape index (κ1) is 8.97. The number of carbonyl (C=O) groups is 1. The van der Waals surface area contributed by atoms with Crippen molar-refractivity contribution in [1.82, 2.24) is 0 Å². The van der Waals surface area contributed by atoms with E-state index in [-0.39, 0.29) is 5.91 Å². The Bertz CT molecular complexity index is 385. The maximum absolute atomic E-state index is 11.4. The van der Waals surface area contributed by atoms with Crippen molar-refractivity contribution in [3.05, 3.63) is 42.0 Å². The van der Waals surface area contributed by atoms with Crippen molar-refractivity contribution in [3.63, 3.8) is 0 Å². The highest BCUT2D eigenvalue weighted by Crippen LogP contribution is 2.18. The molecule has 1 aliphatic rings. The maximum Gasteiger partial charge on any atom is 0.251 e. The molecule has 1 aromatic rings. The van der Waals surface area contributed by atoms with Crippen LogP contribution in [0.5, 0.6) is 0 Å². The molecule has 0 radical (unpaired) electrons. The van der Waals surface area contributed by atoms with Crippen LogP contribution in [0.3, 0.4) is 0 Å². The van der Waals surface area contributed by atoms with Crippen LogP contribution in [-0.2, 0) is 11.3 Å². The van der Waals surface area contributed by atoms with Gasteiger partial charge in [0.1, 0.15) is 0 Å². The fourth-order valence-electron chi connectivity index (χ4n) is 1.52. The molecule has 3 nitrogen and oxygen atoms in total. The summed E-state index contributed by atoms with van der Waals surface area (Å²) >= 11 is 0. The number of benzene rings is 1. The summed E-state index contributed by atoms with van der Waals surface area (Å²) in [7, 11) is 0. The Hall–Kier alpha value is -1.61. The van der Waals surface area contributed by atoms with E-state index >= 15 is 0 Å². The van der Waals surface area contributed by atoms with Gasteiger partial charge in [-0.1, -0.05) is 18.2 Å². The topological polar surface area (TPSA) is 46.3 Å². The van der Waals surface area contributed by atoms with Gasteiger partial charge in [-0.15, -0.1) is 0 Å². The zero-order valence-corrected chi connectivity index (χ0v) is 7.81. The van der Waals surface area contributed by atoms with E-state index in [1.807, 2.05) is 30.3 Å². The first-order valence-corrected chi connectivity index (χ1v) is 4.58. The van der Waals surface area contributed by atoms with Crippen LogP contribution in [0.4, 0.5) is 5.69 Å². The summed E-state index contributed by atoms with van der Waals surface area (Å²) in [5.74, 6) is 0.0409. The number of hydrogen-bond donors (Lipinski definition) is 1. The Morgan fingerprint density at radius 1 is 1.43 bits per heavy atom. The van der Waals surface area contributed by atoms with Crippen LogP contribution in [0.1, 0.15) is 5.56 Å². The number of anilines is 1. The van der Waals surface area contributed by atoms with Crippen molar-refractivity contribution in [1.29, 1.82) is 0 Å². The van der Waals surface area contributed by atoms with Crippen LogP contribution >= 0.6 is 0 Å². The van der Waals surface area contributed by atoms with E-state index in [1.165, 1.54) is 0 Å². The molecule has 72 valence electrons. The third kappa shape index (κ3) is 1.54. The maximum atomic E-state index is 11.4. The Morgan fingerprint density at radius 3 is 2.93 bits per heavy atom. The van der Waals surface area contributed by atoms with Gasteiger partial charge in [0.25, 0.3) is 5.91 Å². The molecule has 0 atom stereocenters. The molecule has 0 aliphatic carbocycles. The quantitative estimate of drug-likeness (QED) is 0.754. The molecule has 0 fully saturated rings. The molecular formula is C11H12N2O. The number of carbonyl (C=O) groups excluding carboxylic acids is 1. The molecule has 0 saturated carbocycles. The van der Waals surface area contributed by atoms with Gasteiger partial charge in [0.2, 0.25) is 0 Å². The largest absolute Gasteiger partial charge is 0.326 e. The summed E-state index contributed by atoms with van der Waals surface area (Å²) in [5, 5.41) is 0. The van der Waals surface area contributed by atoms with E-state index in [4.69, 9.17) is 5.73 Å². The predicted molar refractivity (Wildman–Crippen MR) is 55.8 cm³/mol. The fraction of sp³-hybridized carbons (Fsp3) is 0.182. The highest BCUT2D eigenvalue weighted by Gasteiger charge is 2.16. The number of rotatable bonds is 2. The minimum absolute atomic E-state index is 0.0409. The van der Waals surface area contributed by atoms with Gasteiger partial charge < -0.3 is 10.6 Å². The second-order valence-electron chi connectivity index (χ2n) is 3.23. The highest BCUT2D eigenvalue weighted by atomic mass is 16.2. The van der Waals surface area contributed by atoms with Crippen LogP contribution in [0.25, 0.3) is 0 Å². The molecule has 2 N–H and O–H groups in total. The zero-order valence-electron chi connectivity index (χ0n) is 7.81. The summed E-state index contributed by atoms with van der Waals surface area (Å²) in [5.41, 5.74) is 7.50. The van der Waals surface area contributed by atoms with Gasteiger partial charge >= 0.3 is 0 Å². The molecule has 0 bridgehead atoms. The first-order valence-electron chi connectivity index (χ1n) is 4.58. The van der Waals surface area contributed by atoms with E-state index in [0.717, 1.165) is 11.3 Å². The van der Waals surface area contributed by atoms with Crippen molar-refractivity contribution in [2.24, 2.45) is 5.73 Å². The zero-order chi connectivity index (χ0) is 9.97. The summed E-state index contributed by atoms with van der Waals surface area (Å²) in [6.45, 7) is 1.16. The lowest BCUT2D eigenvalue weighted by Crippen LogP contribution is -2.24. The third-order valence-electron chi connectivity index (χ3n) is 2.27. The molecule has 1 aromatic carbocycles. The smallest absolute Gasteiger partial charge is 0.251 e. The summed E-state index contributed by atoms with van der Waals surface area (Å²) in [4.78, 5) is 13.1. The van der Waals surface area contributed by atoms with Gasteiger partial charge in [0.15, 0.2) is 0 Å². The minimum Gasteiger partial charge on any atom is -0.326 e. The summed E-state index contributed by atoms with van der Waals surface area (Å²) in [6.07, 6.45) is 3.45. The lowest BCUT2D eigenvalue weighted by atomic mass is 10.2. The lowest BCUT2D eigenvalue weighted by Gasteiger charge is -2.16. The van der Waals surface area contributed by atoms with E-state index in [1.54, 1.807) is 11.0 Å². The van der Waals surface area contributed by atoms with Crippen LogP contribution in [0.15, 0.2) is 36.4 Å². The van der Waals surface area contributed by atoms with Gasteiger partial charge in [-0.2, -0.15) is 0 Å². The Kier molecular flexibility index (Phi) is 2.33. The van der Waals surface area contributed by atoms with E-state index in [0.29, 0.717) is 13.1 Å². The van der Waals surface area contributed by atoms with Crippen LogP contribution in [0.2, 0.25) is 0 Å². The predicted octanol–water partition coefficient (Wildman–Crippen LogP) is 1.05. The number of nitrogens with zero attached hydrogens (tertiary/aromatic N) is 1. The normalized spacial score (nSPS) is 15.2. The Morgan fingerprint density at radius 2 is 2.29 bits per heavy atom. The van der Waals surface area contributed by atoms with Gasteiger partial charge in [0, 0.05) is 24.9 Å². The van der Waals surface area contributed by atoms with Crippen molar-refractivity contribution < 1.29 is 4.79 Å². The number of nitrogens with two attached hydrogens (primary N) is 1. The first-order chi connectivity index (χ1) is 6.81. The van der Waals surface area contributed by atoms with E-state index < -0.39 is 0 Å². The monoisotopic (exact) mass is 188 g/mol. The highest BCUT2D eigenvalue weighted by molar-refractivity contribution is 6.04. The Labute approximate surface area is 82.8 Å². The SMILES string of the molecule is NCc1cccc(N2CC=CC2=O)c1. The van der Waals surface area contributed by atoms with Crippen LogP contribution in [0, 0.1) is 0 Å². The summed E-state index contributed by atoms with van der Waals surface area (Å²) < 4.78 is 0. The average molecular weight is 188 g/mol. The third-order valence-corrected chi connectivity index (χ3v) is 2.27. The van der Waals surface area contributed by atoms with Gasteiger partial charge in [-0.25, -0.2) is 0 Å². The van der Waals surface area contributed by atoms with E-state index in [9.17, 15) is 4.79 Å². The molecule has 0 aromatic heterocycles. The van der Waals surface area contributed by atoms with Crippen molar-refractivity contribution in [2.75, 3.05) is 11.4 Å². The molecule has 1 aliphatic heterocycles. The molecule has 3 heteroatoms. The lowest BCUT2D eigenvalue weighted by molar-refractivity contribution is -0.113. The molecule has 0 unspecified atom stereocenters. The average Bonchev–Trinajstić information content (AvgIpc) is 2.65. The minimum atomic E-state index is 0.0409. The molecule has 14 heavy (non-hydrogen) atoms. The van der Waals surface area contributed by atoms with Gasteiger partial charge in [-0.05, 0) is 17.7 Å². The van der Waals surface area contributed by atoms with Gasteiger partial charge in [-0.3, -0.25) is 4.79 Å². The second-order valence-corrected chi connectivity index (χ2v) is 3.23. The van der Waals surface area contributed by atoms with Crippen LogP contribution in [-0.4, -0.2) is 12.5 Å². The Balaban J connectivity index is 2.28. The number of hydrogen-bond acceptors (Lipinski definition) is 2. The van der Waals surface area contributed by atoms with Crippen molar-refractivity contribution in [3.8, 4) is 0 Å². The second kappa shape index (κ2) is 3.64. The molecule has 1 amide bonds. The molecule has 1 heterocycles. The van der Waals surface area contributed by atoms with E-state index in [2.05, 4.69) is 0 Å². The fourth-order valence-corrected chi connectivity index (χ4v) is 1.52. The van der Waals surface area contributed by atoms with Gasteiger partial charge in [0.05, 0.1) is 0 Å². The standard InChI is InChI=1S/C11H12N2O/c12-8-9-3-1-4-10(7-9)13-6-2-5-11(13)14/h1-5,7H,6,8,12H2. The number of amides is 1. The van der Waals surface area contributed by atoms with Crippen molar-refractivity contribution >= 4 is 11.6 Å². The molecule has 0 saturated heterocycles. The molecule has 0 spiro atoms. The summed E-state index contributed by atoms with van der Waals surface area (Å²) in [6, 6.07) is 7.75. The molecular weight excluding hydrogens is 176 g/mol. The van der Waals surface area contributed by atoms with Crippen molar-refractivity contribution in [2.45, 2.75) is 6.54 Å². The molecule has 2 rings (SSSR count).